The highest BCUT2D eigenvalue weighted by Gasteiger charge is 2.10. The van der Waals surface area contributed by atoms with Gasteiger partial charge in [0.15, 0.2) is 0 Å². The summed E-state index contributed by atoms with van der Waals surface area (Å²) in [5.41, 5.74) is 2.01. The molecule has 0 spiro atoms. The monoisotopic (exact) mass is 283 g/mol. The van der Waals surface area contributed by atoms with E-state index in [1.807, 2.05) is 0 Å². The van der Waals surface area contributed by atoms with Gasteiger partial charge in [0.05, 0.1) is 16.2 Å². The van der Waals surface area contributed by atoms with Crippen molar-refractivity contribution in [2.45, 2.75) is 0 Å². The van der Waals surface area contributed by atoms with Gasteiger partial charge in [0.1, 0.15) is 5.65 Å². The summed E-state index contributed by atoms with van der Waals surface area (Å²) in [4.78, 5) is 25.4. The molecule has 0 saturated heterocycles. The number of hydrogen-bond acceptors (Lipinski definition) is 4. The number of carboxylic acids is 1. The minimum Gasteiger partial charge on any atom is -0.478 e. The molecule has 0 fully saturated rings. The van der Waals surface area contributed by atoms with Crippen molar-refractivity contribution < 1.29 is 14.8 Å². The average molecular weight is 283 g/mol. The topological polar surface area (TPSA) is 97.7 Å². The number of benzene rings is 1. The first-order valence-corrected chi connectivity index (χ1v) is 6.01. The number of carbonyl (C=O) groups is 1. The number of nitrogens with zero attached hydrogens (tertiary/aromatic N) is 3. The van der Waals surface area contributed by atoms with Gasteiger partial charge in [-0.15, -0.1) is 0 Å². The zero-order chi connectivity index (χ0) is 15.0. The molecule has 0 bridgehead atoms. The third-order valence-electron chi connectivity index (χ3n) is 3.08. The summed E-state index contributed by atoms with van der Waals surface area (Å²) in [6.07, 6.45) is 3.35. The number of pyridine rings is 1. The molecule has 0 saturated carbocycles. The first kappa shape index (κ1) is 12.8. The van der Waals surface area contributed by atoms with E-state index in [2.05, 4.69) is 4.98 Å². The maximum absolute atomic E-state index is 10.9. The predicted octanol–water partition coefficient (Wildman–Crippen LogP) is 2.61. The molecule has 0 amide bonds. The van der Waals surface area contributed by atoms with Crippen LogP contribution in [-0.2, 0) is 0 Å². The first-order chi connectivity index (χ1) is 10.0. The van der Waals surface area contributed by atoms with Crippen molar-refractivity contribution in [2.75, 3.05) is 0 Å². The standard InChI is InChI=1S/C14H9N3O4/c18-14(19)10-5-6-16-8-12(15-13(16)7-10)9-1-3-11(4-2-9)17(20)21/h1-8H,(H,18,19). The van der Waals surface area contributed by atoms with E-state index < -0.39 is 10.9 Å². The van der Waals surface area contributed by atoms with Crippen molar-refractivity contribution in [1.82, 2.24) is 9.38 Å². The predicted molar refractivity (Wildman–Crippen MR) is 74.2 cm³/mol. The minimum absolute atomic E-state index is 0.00989. The maximum Gasteiger partial charge on any atom is 0.335 e. The van der Waals surface area contributed by atoms with Crippen molar-refractivity contribution in [3.05, 3.63) is 64.5 Å². The van der Waals surface area contributed by atoms with Gasteiger partial charge in [0.2, 0.25) is 0 Å². The van der Waals surface area contributed by atoms with Crippen LogP contribution in [0, 0.1) is 10.1 Å². The van der Waals surface area contributed by atoms with E-state index >= 15 is 0 Å². The van der Waals surface area contributed by atoms with Gasteiger partial charge in [-0.25, -0.2) is 9.78 Å². The van der Waals surface area contributed by atoms with Crippen molar-refractivity contribution in [2.24, 2.45) is 0 Å². The quantitative estimate of drug-likeness (QED) is 0.588. The molecule has 1 N–H and O–H groups in total. The lowest BCUT2D eigenvalue weighted by molar-refractivity contribution is -0.384. The Hall–Kier alpha value is -3.22. The number of nitro groups is 1. The van der Waals surface area contributed by atoms with Gasteiger partial charge in [-0.05, 0) is 24.3 Å². The summed E-state index contributed by atoms with van der Waals surface area (Å²) < 4.78 is 1.70. The summed E-state index contributed by atoms with van der Waals surface area (Å²) in [6, 6.07) is 8.98. The molecule has 2 heterocycles. The number of carboxylic acid groups (broad SMARTS) is 1. The smallest absolute Gasteiger partial charge is 0.335 e. The molecule has 2 aromatic heterocycles. The van der Waals surface area contributed by atoms with Crippen molar-refractivity contribution in [1.29, 1.82) is 0 Å². The Morgan fingerprint density at radius 3 is 2.57 bits per heavy atom. The van der Waals surface area contributed by atoms with Gasteiger partial charge in [0.25, 0.3) is 5.69 Å². The number of fused-ring (bicyclic) bond motifs is 1. The molecule has 7 nitrogen and oxygen atoms in total. The summed E-state index contributed by atoms with van der Waals surface area (Å²) in [6.45, 7) is 0. The number of rotatable bonds is 3. The number of imidazole rings is 1. The van der Waals surface area contributed by atoms with E-state index in [1.165, 1.54) is 24.3 Å². The Labute approximate surface area is 118 Å². The summed E-state index contributed by atoms with van der Waals surface area (Å²) >= 11 is 0. The number of non-ortho nitro benzene ring substituents is 1. The highest BCUT2D eigenvalue weighted by molar-refractivity contribution is 5.88. The fourth-order valence-electron chi connectivity index (χ4n) is 2.01. The molecule has 0 aliphatic rings. The Kier molecular flexibility index (Phi) is 2.87. The van der Waals surface area contributed by atoms with Crippen LogP contribution in [0.25, 0.3) is 16.9 Å². The van der Waals surface area contributed by atoms with Crippen LogP contribution < -0.4 is 0 Å². The second kappa shape index (κ2) is 4.71. The van der Waals surface area contributed by atoms with Crippen LogP contribution in [0.2, 0.25) is 0 Å². The Balaban J connectivity index is 2.04. The van der Waals surface area contributed by atoms with Gasteiger partial charge in [-0.3, -0.25) is 10.1 Å². The molecule has 3 aromatic rings. The number of aromatic nitrogens is 2. The van der Waals surface area contributed by atoms with Crippen LogP contribution in [0.5, 0.6) is 0 Å². The second-order valence-corrected chi connectivity index (χ2v) is 4.42. The zero-order valence-corrected chi connectivity index (χ0v) is 10.6. The molecule has 1 aromatic carbocycles. The molecule has 104 valence electrons. The molecule has 0 radical (unpaired) electrons. The Morgan fingerprint density at radius 1 is 1.24 bits per heavy atom. The molecular weight excluding hydrogens is 274 g/mol. The van der Waals surface area contributed by atoms with Crippen LogP contribution in [0.15, 0.2) is 48.8 Å². The number of hydrogen-bond donors (Lipinski definition) is 1. The maximum atomic E-state index is 10.9. The highest BCUT2D eigenvalue weighted by atomic mass is 16.6. The zero-order valence-electron chi connectivity index (χ0n) is 10.6. The van der Waals surface area contributed by atoms with E-state index in [0.29, 0.717) is 11.3 Å². The van der Waals surface area contributed by atoms with Crippen LogP contribution in [0.4, 0.5) is 5.69 Å². The Bertz CT molecular complexity index is 852. The summed E-state index contributed by atoms with van der Waals surface area (Å²) in [7, 11) is 0. The molecule has 0 aliphatic carbocycles. The van der Waals surface area contributed by atoms with Crippen LogP contribution in [0.3, 0.4) is 0 Å². The Morgan fingerprint density at radius 2 is 1.95 bits per heavy atom. The van der Waals surface area contributed by atoms with Gasteiger partial charge in [-0.1, -0.05) is 0 Å². The lowest BCUT2D eigenvalue weighted by Gasteiger charge is -1.95. The molecule has 0 atom stereocenters. The second-order valence-electron chi connectivity index (χ2n) is 4.42. The number of nitro benzene ring substituents is 1. The molecule has 7 heteroatoms. The van der Waals surface area contributed by atoms with Crippen molar-refractivity contribution >= 4 is 17.3 Å². The van der Waals surface area contributed by atoms with E-state index in [0.717, 1.165) is 5.56 Å². The van der Waals surface area contributed by atoms with Gasteiger partial charge >= 0.3 is 5.97 Å². The van der Waals surface area contributed by atoms with Gasteiger partial charge in [-0.2, -0.15) is 0 Å². The van der Waals surface area contributed by atoms with E-state index in [9.17, 15) is 14.9 Å². The third kappa shape index (κ3) is 2.32. The van der Waals surface area contributed by atoms with Crippen LogP contribution in [0.1, 0.15) is 10.4 Å². The highest BCUT2D eigenvalue weighted by Crippen LogP contribution is 2.22. The van der Waals surface area contributed by atoms with Crippen molar-refractivity contribution in [3.63, 3.8) is 0 Å². The van der Waals surface area contributed by atoms with E-state index in [1.54, 1.807) is 28.9 Å². The van der Waals surface area contributed by atoms with Gasteiger partial charge in [0, 0.05) is 30.1 Å². The lowest BCUT2D eigenvalue weighted by Crippen LogP contribution is -1.96. The molecule has 3 rings (SSSR count). The molecule has 0 unspecified atom stereocenters. The fourth-order valence-corrected chi connectivity index (χ4v) is 2.01. The lowest BCUT2D eigenvalue weighted by atomic mass is 10.1. The van der Waals surface area contributed by atoms with Crippen LogP contribution >= 0.6 is 0 Å². The van der Waals surface area contributed by atoms with E-state index in [-0.39, 0.29) is 11.3 Å². The number of aromatic carboxylic acids is 1. The molecule has 0 aliphatic heterocycles. The fraction of sp³-hybridized carbons (Fsp3) is 0. The SMILES string of the molecule is O=C(O)c1ccn2cc(-c3ccc([N+](=O)[O-])cc3)nc2c1. The normalized spacial score (nSPS) is 10.7. The van der Waals surface area contributed by atoms with Crippen LogP contribution in [-0.4, -0.2) is 25.4 Å². The average Bonchev–Trinajstić information content (AvgIpc) is 2.90. The molecular formula is C14H9N3O4. The third-order valence-corrected chi connectivity index (χ3v) is 3.08. The van der Waals surface area contributed by atoms with Crippen molar-refractivity contribution in [3.8, 4) is 11.3 Å². The first-order valence-electron chi connectivity index (χ1n) is 6.01. The van der Waals surface area contributed by atoms with Gasteiger partial charge < -0.3 is 9.51 Å². The largest absolute Gasteiger partial charge is 0.478 e. The summed E-state index contributed by atoms with van der Waals surface area (Å²) in [5, 5.41) is 19.6. The minimum atomic E-state index is -1.02. The van der Waals surface area contributed by atoms with E-state index in [4.69, 9.17) is 5.11 Å². The summed E-state index contributed by atoms with van der Waals surface area (Å²) in [5.74, 6) is -1.02. The molecule has 21 heavy (non-hydrogen) atoms.